The van der Waals surface area contributed by atoms with Gasteiger partial charge in [0.1, 0.15) is 9.84 Å². The van der Waals surface area contributed by atoms with Gasteiger partial charge in [-0.05, 0) is 18.2 Å². The van der Waals surface area contributed by atoms with Crippen LogP contribution in [0.15, 0.2) is 27.6 Å². The first-order valence-corrected chi connectivity index (χ1v) is 8.58. The zero-order chi connectivity index (χ0) is 12.3. The topological polar surface area (TPSA) is 77.2 Å². The van der Waals surface area contributed by atoms with Gasteiger partial charge in [-0.3, -0.25) is 4.21 Å². The Morgan fingerprint density at radius 2 is 2.06 bits per heavy atom. The Morgan fingerprint density at radius 1 is 1.44 bits per heavy atom. The Morgan fingerprint density at radius 3 is 2.56 bits per heavy atom. The van der Waals surface area contributed by atoms with Crippen LogP contribution in [0, 0.1) is 0 Å². The quantitative estimate of drug-likeness (QED) is 0.843. The summed E-state index contributed by atoms with van der Waals surface area (Å²) < 4.78 is 34.4. The van der Waals surface area contributed by atoms with E-state index in [9.17, 15) is 12.6 Å². The van der Waals surface area contributed by atoms with Crippen LogP contribution in [0.25, 0.3) is 0 Å². The number of nitrogen functional groups attached to an aromatic ring is 1. The van der Waals surface area contributed by atoms with Gasteiger partial charge in [-0.2, -0.15) is 0 Å². The minimum absolute atomic E-state index is 0.0741. The Kier molecular flexibility index (Phi) is 4.52. The van der Waals surface area contributed by atoms with Gasteiger partial charge in [-0.1, -0.05) is 15.9 Å². The first-order valence-electron chi connectivity index (χ1n) is 4.41. The highest BCUT2D eigenvalue weighted by atomic mass is 79.9. The van der Waals surface area contributed by atoms with E-state index < -0.39 is 20.6 Å². The van der Waals surface area contributed by atoms with Crippen molar-refractivity contribution in [2.45, 2.75) is 4.90 Å². The van der Waals surface area contributed by atoms with Crippen molar-refractivity contribution >= 4 is 42.3 Å². The highest BCUT2D eigenvalue weighted by Crippen LogP contribution is 2.21. The molecule has 2 N–H and O–H groups in total. The highest BCUT2D eigenvalue weighted by Gasteiger charge is 2.11. The zero-order valence-electron chi connectivity index (χ0n) is 8.64. The third kappa shape index (κ3) is 4.23. The number of hydrogen-bond donors (Lipinski definition) is 1. The van der Waals surface area contributed by atoms with Gasteiger partial charge in [0.05, 0.1) is 21.4 Å². The van der Waals surface area contributed by atoms with Crippen molar-refractivity contribution in [3.63, 3.8) is 0 Å². The van der Waals surface area contributed by atoms with Crippen molar-refractivity contribution < 1.29 is 12.6 Å². The third-order valence-corrected chi connectivity index (χ3v) is 4.99. The van der Waals surface area contributed by atoms with Gasteiger partial charge in [-0.15, -0.1) is 0 Å². The molecule has 0 radical (unpaired) electrons. The third-order valence-electron chi connectivity index (χ3n) is 1.86. The largest absolute Gasteiger partial charge is 0.398 e. The van der Waals surface area contributed by atoms with E-state index >= 15 is 0 Å². The summed E-state index contributed by atoms with van der Waals surface area (Å²) in [5.41, 5.74) is 6.09. The first-order chi connectivity index (χ1) is 7.29. The van der Waals surface area contributed by atoms with Crippen LogP contribution in [0.2, 0.25) is 0 Å². The van der Waals surface area contributed by atoms with Crippen LogP contribution in [0.4, 0.5) is 5.69 Å². The molecule has 0 saturated heterocycles. The fourth-order valence-electron chi connectivity index (χ4n) is 1.06. The van der Waals surface area contributed by atoms with E-state index in [1.807, 2.05) is 0 Å². The SMILES string of the molecule is CS(=O)(=O)CCS(=O)c1ccc(Br)cc1N. The monoisotopic (exact) mass is 325 g/mol. The number of anilines is 1. The Labute approximate surface area is 106 Å². The van der Waals surface area contributed by atoms with Gasteiger partial charge < -0.3 is 5.73 Å². The fraction of sp³-hybridized carbons (Fsp3) is 0.333. The van der Waals surface area contributed by atoms with Crippen LogP contribution in [0.1, 0.15) is 0 Å². The number of nitrogens with two attached hydrogens (primary N) is 1. The standard InChI is InChI=1S/C9H12BrNO3S2/c1-16(13,14)5-4-15(12)9-3-2-7(10)6-8(9)11/h2-3,6H,4-5,11H2,1H3. The van der Waals surface area contributed by atoms with Gasteiger partial charge >= 0.3 is 0 Å². The molecule has 0 aromatic heterocycles. The molecule has 1 rings (SSSR count). The van der Waals surface area contributed by atoms with Crippen molar-refractivity contribution in [2.75, 3.05) is 23.5 Å². The first kappa shape index (κ1) is 13.7. The van der Waals surface area contributed by atoms with E-state index in [1.54, 1.807) is 18.2 Å². The maximum atomic E-state index is 11.8. The van der Waals surface area contributed by atoms with E-state index in [1.165, 1.54) is 0 Å². The Balaban J connectivity index is 2.82. The molecule has 90 valence electrons. The highest BCUT2D eigenvalue weighted by molar-refractivity contribution is 9.10. The van der Waals surface area contributed by atoms with Crippen molar-refractivity contribution in [3.05, 3.63) is 22.7 Å². The summed E-state index contributed by atoms with van der Waals surface area (Å²) in [6.07, 6.45) is 1.12. The zero-order valence-corrected chi connectivity index (χ0v) is 11.9. The van der Waals surface area contributed by atoms with Gasteiger partial charge in [-0.25, -0.2) is 8.42 Å². The number of benzene rings is 1. The number of sulfone groups is 1. The molecule has 0 amide bonds. The van der Waals surface area contributed by atoms with Crippen LogP contribution in [0.3, 0.4) is 0 Å². The summed E-state index contributed by atoms with van der Waals surface area (Å²) in [6.45, 7) is 0. The Hall–Kier alpha value is -0.400. The molecule has 1 aromatic rings. The molecule has 0 aliphatic heterocycles. The second-order valence-electron chi connectivity index (χ2n) is 3.36. The molecule has 1 aromatic carbocycles. The van der Waals surface area contributed by atoms with Gasteiger partial charge in [0, 0.05) is 22.2 Å². The molecular weight excluding hydrogens is 314 g/mol. The lowest BCUT2D eigenvalue weighted by Gasteiger charge is -2.05. The number of halogens is 1. The summed E-state index contributed by atoms with van der Waals surface area (Å²) in [7, 11) is -4.47. The van der Waals surface area contributed by atoms with Gasteiger partial charge in [0.15, 0.2) is 0 Å². The number of hydrogen-bond acceptors (Lipinski definition) is 4. The molecule has 16 heavy (non-hydrogen) atoms. The summed E-state index contributed by atoms with van der Waals surface area (Å²) in [4.78, 5) is 0.479. The molecule has 0 aliphatic rings. The van der Waals surface area contributed by atoms with E-state index in [0.717, 1.165) is 10.7 Å². The van der Waals surface area contributed by atoms with Crippen LogP contribution < -0.4 is 5.73 Å². The van der Waals surface area contributed by atoms with Crippen molar-refractivity contribution in [2.24, 2.45) is 0 Å². The second-order valence-corrected chi connectivity index (χ2v) is 8.08. The predicted octanol–water partition coefficient (Wildman–Crippen LogP) is 1.18. The predicted molar refractivity (Wildman–Crippen MR) is 69.5 cm³/mol. The van der Waals surface area contributed by atoms with Gasteiger partial charge in [0.25, 0.3) is 0 Å². The van der Waals surface area contributed by atoms with Crippen LogP contribution >= 0.6 is 15.9 Å². The molecule has 0 spiro atoms. The van der Waals surface area contributed by atoms with Crippen LogP contribution in [-0.2, 0) is 20.6 Å². The summed E-state index contributed by atoms with van der Waals surface area (Å²) >= 11 is 3.24. The molecule has 0 saturated carbocycles. The van der Waals surface area contributed by atoms with E-state index in [-0.39, 0.29) is 11.5 Å². The van der Waals surface area contributed by atoms with Crippen molar-refractivity contribution in [1.82, 2.24) is 0 Å². The summed E-state index contributed by atoms with van der Waals surface area (Å²) in [5.74, 6) is -0.0280. The summed E-state index contributed by atoms with van der Waals surface area (Å²) in [5, 5.41) is 0. The Bertz CT molecular complexity index is 513. The molecule has 0 heterocycles. The molecule has 0 fully saturated rings. The van der Waals surface area contributed by atoms with E-state index in [0.29, 0.717) is 10.6 Å². The molecule has 1 unspecified atom stereocenters. The lowest BCUT2D eigenvalue weighted by molar-refractivity contribution is 0.602. The lowest BCUT2D eigenvalue weighted by Crippen LogP contribution is -2.12. The average Bonchev–Trinajstić information content (AvgIpc) is 2.13. The number of rotatable bonds is 4. The molecule has 1 atom stereocenters. The maximum Gasteiger partial charge on any atom is 0.148 e. The van der Waals surface area contributed by atoms with E-state index in [2.05, 4.69) is 15.9 Å². The smallest absolute Gasteiger partial charge is 0.148 e. The van der Waals surface area contributed by atoms with Gasteiger partial charge in [0.2, 0.25) is 0 Å². The van der Waals surface area contributed by atoms with Crippen molar-refractivity contribution in [3.8, 4) is 0 Å². The maximum absolute atomic E-state index is 11.8. The van der Waals surface area contributed by atoms with Crippen LogP contribution in [-0.4, -0.2) is 30.4 Å². The molecule has 7 heteroatoms. The molecule has 4 nitrogen and oxygen atoms in total. The molecule has 0 aliphatic carbocycles. The normalized spacial score (nSPS) is 13.6. The molecular formula is C9H12BrNO3S2. The van der Waals surface area contributed by atoms with E-state index in [4.69, 9.17) is 5.73 Å². The second kappa shape index (κ2) is 5.29. The fourth-order valence-corrected chi connectivity index (χ4v) is 4.02. The van der Waals surface area contributed by atoms with Crippen molar-refractivity contribution in [1.29, 1.82) is 0 Å². The lowest BCUT2D eigenvalue weighted by atomic mass is 10.3. The minimum atomic E-state index is -3.09. The van der Waals surface area contributed by atoms with Crippen LogP contribution in [0.5, 0.6) is 0 Å². The summed E-state index contributed by atoms with van der Waals surface area (Å²) in [6, 6.07) is 5.01. The minimum Gasteiger partial charge on any atom is -0.398 e. The average molecular weight is 326 g/mol. The molecule has 0 bridgehead atoms.